The van der Waals surface area contributed by atoms with Crippen molar-refractivity contribution >= 4 is 17.3 Å². The second-order valence-corrected chi connectivity index (χ2v) is 4.94. The maximum atomic E-state index is 11.1. The van der Waals surface area contributed by atoms with Gasteiger partial charge >= 0.3 is 0 Å². The van der Waals surface area contributed by atoms with E-state index < -0.39 is 0 Å². The summed E-state index contributed by atoms with van der Waals surface area (Å²) in [5.74, 6) is 0. The van der Waals surface area contributed by atoms with Gasteiger partial charge in [0.1, 0.15) is 0 Å². The van der Waals surface area contributed by atoms with Crippen molar-refractivity contribution in [2.45, 2.75) is 39.5 Å². The molecule has 0 N–H and O–H groups in total. The number of hydrogen-bond acceptors (Lipinski definition) is 2. The summed E-state index contributed by atoms with van der Waals surface area (Å²) in [5.41, 5.74) is 4.57. The van der Waals surface area contributed by atoms with Gasteiger partial charge in [0.15, 0.2) is 0 Å². The zero-order valence-electron chi connectivity index (χ0n) is 11.5. The second-order valence-electron chi connectivity index (χ2n) is 4.94. The molecule has 0 amide bonds. The van der Waals surface area contributed by atoms with Gasteiger partial charge in [0.2, 0.25) is 0 Å². The molecule has 0 heterocycles. The molecule has 3 nitrogen and oxygen atoms in total. The summed E-state index contributed by atoms with van der Waals surface area (Å²) >= 11 is 0. The van der Waals surface area contributed by atoms with Gasteiger partial charge in [-0.15, -0.1) is 0 Å². The van der Waals surface area contributed by atoms with Crippen molar-refractivity contribution in [3.63, 3.8) is 0 Å². The van der Waals surface area contributed by atoms with Gasteiger partial charge in [-0.3, -0.25) is 10.1 Å². The van der Waals surface area contributed by atoms with Crippen LogP contribution in [0.15, 0.2) is 24.3 Å². The van der Waals surface area contributed by atoms with E-state index in [-0.39, 0.29) is 10.6 Å². The fourth-order valence-electron chi connectivity index (χ4n) is 2.60. The second kappa shape index (κ2) is 5.83. The summed E-state index contributed by atoms with van der Waals surface area (Å²) in [6.45, 7) is 3.97. The van der Waals surface area contributed by atoms with Crippen LogP contribution in [0.2, 0.25) is 0 Å². The van der Waals surface area contributed by atoms with Gasteiger partial charge in [0.25, 0.3) is 5.69 Å². The molecule has 0 radical (unpaired) electrons. The molecule has 1 aliphatic rings. The Morgan fingerprint density at radius 2 is 2.11 bits per heavy atom. The Balaban J connectivity index is 2.57. The first-order chi connectivity index (χ1) is 9.13. The molecule has 0 saturated heterocycles. The first kappa shape index (κ1) is 13.5. The van der Waals surface area contributed by atoms with Crippen LogP contribution in [0.4, 0.5) is 5.69 Å². The molecular weight excluding hydrogens is 238 g/mol. The average molecular weight is 257 g/mol. The molecule has 0 unspecified atom stereocenters. The summed E-state index contributed by atoms with van der Waals surface area (Å²) < 4.78 is 0. The number of nitro groups is 1. The lowest BCUT2D eigenvalue weighted by atomic mass is 9.89. The summed E-state index contributed by atoms with van der Waals surface area (Å²) in [4.78, 5) is 10.8. The fourth-order valence-corrected chi connectivity index (χ4v) is 2.60. The van der Waals surface area contributed by atoms with Crippen LogP contribution in [0.3, 0.4) is 0 Å². The molecule has 1 aromatic rings. The first-order valence-electron chi connectivity index (χ1n) is 6.74. The standard InChI is InChI=1S/C16H19NO2/c1-3-7-14-10-15(17(18)19)11-16(12(14)2)13-8-5-4-6-9-13/h3,7-8,10-11H,4-6,9H2,1-2H3/b7-3-. The van der Waals surface area contributed by atoms with Crippen molar-refractivity contribution < 1.29 is 4.92 Å². The maximum absolute atomic E-state index is 11.1. The highest BCUT2D eigenvalue weighted by Crippen LogP contribution is 2.33. The van der Waals surface area contributed by atoms with Crippen molar-refractivity contribution in [3.8, 4) is 0 Å². The van der Waals surface area contributed by atoms with E-state index in [4.69, 9.17) is 0 Å². The number of nitro benzene ring substituents is 1. The van der Waals surface area contributed by atoms with E-state index in [9.17, 15) is 10.1 Å². The van der Waals surface area contributed by atoms with Gasteiger partial charge in [0, 0.05) is 12.1 Å². The predicted molar refractivity (Wildman–Crippen MR) is 79.0 cm³/mol. The Labute approximate surface area is 113 Å². The summed E-state index contributed by atoms with van der Waals surface area (Å²) in [6, 6.07) is 3.38. The molecule has 2 rings (SSSR count). The molecule has 0 bridgehead atoms. The Morgan fingerprint density at radius 1 is 1.32 bits per heavy atom. The summed E-state index contributed by atoms with van der Waals surface area (Å²) in [5, 5.41) is 11.1. The normalized spacial score (nSPS) is 15.6. The predicted octanol–water partition coefficient (Wildman–Crippen LogP) is 4.89. The Morgan fingerprint density at radius 3 is 2.68 bits per heavy atom. The van der Waals surface area contributed by atoms with Gasteiger partial charge < -0.3 is 0 Å². The van der Waals surface area contributed by atoms with Crippen LogP contribution >= 0.6 is 0 Å². The van der Waals surface area contributed by atoms with Gasteiger partial charge in [-0.1, -0.05) is 18.2 Å². The smallest absolute Gasteiger partial charge is 0.258 e. The minimum atomic E-state index is -0.306. The molecule has 0 saturated carbocycles. The van der Waals surface area contributed by atoms with E-state index in [2.05, 4.69) is 6.08 Å². The van der Waals surface area contributed by atoms with Crippen molar-refractivity contribution in [1.29, 1.82) is 0 Å². The van der Waals surface area contributed by atoms with Crippen LogP contribution in [0.5, 0.6) is 0 Å². The van der Waals surface area contributed by atoms with Crippen LogP contribution < -0.4 is 0 Å². The molecule has 19 heavy (non-hydrogen) atoms. The van der Waals surface area contributed by atoms with E-state index in [1.807, 2.05) is 26.0 Å². The van der Waals surface area contributed by atoms with Gasteiger partial charge in [-0.05, 0) is 61.8 Å². The minimum absolute atomic E-state index is 0.181. The lowest BCUT2D eigenvalue weighted by molar-refractivity contribution is -0.384. The van der Waals surface area contributed by atoms with Gasteiger partial charge in [-0.2, -0.15) is 0 Å². The van der Waals surface area contributed by atoms with Crippen molar-refractivity contribution in [3.05, 3.63) is 51.1 Å². The van der Waals surface area contributed by atoms with Crippen molar-refractivity contribution in [2.75, 3.05) is 0 Å². The van der Waals surface area contributed by atoms with Crippen LogP contribution in [-0.2, 0) is 0 Å². The van der Waals surface area contributed by atoms with E-state index in [1.165, 1.54) is 18.4 Å². The molecule has 0 aliphatic heterocycles. The first-order valence-corrected chi connectivity index (χ1v) is 6.74. The Bertz CT molecular complexity index is 556. The van der Waals surface area contributed by atoms with Crippen LogP contribution in [0, 0.1) is 17.0 Å². The zero-order valence-corrected chi connectivity index (χ0v) is 11.5. The quantitative estimate of drug-likeness (QED) is 0.571. The van der Waals surface area contributed by atoms with Crippen LogP contribution in [0.1, 0.15) is 49.3 Å². The fraction of sp³-hybridized carbons (Fsp3) is 0.375. The minimum Gasteiger partial charge on any atom is -0.258 e. The highest BCUT2D eigenvalue weighted by Gasteiger charge is 2.16. The van der Waals surface area contributed by atoms with E-state index in [1.54, 1.807) is 12.1 Å². The molecule has 1 aliphatic carbocycles. The van der Waals surface area contributed by atoms with Crippen molar-refractivity contribution in [1.82, 2.24) is 0 Å². The topological polar surface area (TPSA) is 43.1 Å². The SMILES string of the molecule is C/C=C\c1cc([N+](=O)[O-])cc(C2=CCCCC2)c1C. The number of non-ortho nitro benzene ring substituents is 1. The molecule has 0 aromatic heterocycles. The van der Waals surface area contributed by atoms with Crippen molar-refractivity contribution in [2.24, 2.45) is 0 Å². The third kappa shape index (κ3) is 2.92. The highest BCUT2D eigenvalue weighted by molar-refractivity contribution is 5.75. The van der Waals surface area contributed by atoms with Gasteiger partial charge in [-0.25, -0.2) is 0 Å². The number of rotatable bonds is 3. The number of hydrogen-bond donors (Lipinski definition) is 0. The van der Waals surface area contributed by atoms with E-state index in [0.717, 1.165) is 29.5 Å². The summed E-state index contributed by atoms with van der Waals surface area (Å²) in [7, 11) is 0. The molecule has 100 valence electrons. The lowest BCUT2D eigenvalue weighted by Gasteiger charge is -2.16. The Kier molecular flexibility index (Phi) is 4.15. The molecule has 0 spiro atoms. The third-order valence-corrected chi connectivity index (χ3v) is 3.63. The molecule has 0 atom stereocenters. The number of benzene rings is 1. The molecule has 0 fully saturated rings. The maximum Gasteiger partial charge on any atom is 0.270 e. The van der Waals surface area contributed by atoms with Gasteiger partial charge in [0.05, 0.1) is 4.92 Å². The zero-order chi connectivity index (χ0) is 13.8. The third-order valence-electron chi connectivity index (χ3n) is 3.63. The monoisotopic (exact) mass is 257 g/mol. The average Bonchev–Trinajstić information content (AvgIpc) is 2.42. The lowest BCUT2D eigenvalue weighted by Crippen LogP contribution is -1.99. The highest BCUT2D eigenvalue weighted by atomic mass is 16.6. The number of allylic oxidation sites excluding steroid dienone is 3. The van der Waals surface area contributed by atoms with Crippen LogP contribution in [-0.4, -0.2) is 4.92 Å². The molecule has 3 heteroatoms. The molecule has 1 aromatic carbocycles. The van der Waals surface area contributed by atoms with Crippen LogP contribution in [0.25, 0.3) is 11.6 Å². The molecular formula is C16H19NO2. The number of nitrogens with zero attached hydrogens (tertiary/aromatic N) is 1. The Hall–Kier alpha value is -1.90. The van der Waals surface area contributed by atoms with E-state index in [0.29, 0.717) is 0 Å². The largest absolute Gasteiger partial charge is 0.270 e. The summed E-state index contributed by atoms with van der Waals surface area (Å²) in [6.07, 6.45) is 10.6. The van der Waals surface area contributed by atoms with E-state index >= 15 is 0 Å².